The van der Waals surface area contributed by atoms with E-state index in [-0.39, 0.29) is 40.6 Å². The fraction of sp³-hybridized carbons (Fsp3) is 0. The molecule has 0 atom stereocenters. The van der Waals surface area contributed by atoms with Gasteiger partial charge in [0, 0.05) is 21.6 Å². The molecule has 0 aliphatic rings. The fourth-order valence-electron chi connectivity index (χ4n) is 0.0373. The minimum atomic E-state index is 0. The number of nitriles is 2. The molecule has 0 aliphatic carbocycles. The largest absolute Gasteiger partial charge is 1.00 e. The fourth-order valence-corrected chi connectivity index (χ4v) is 0.335. The van der Waals surface area contributed by atoms with Gasteiger partial charge in [0.25, 0.3) is 0 Å². The van der Waals surface area contributed by atoms with Crippen molar-refractivity contribution < 1.29 is 40.6 Å². The van der Waals surface area contributed by atoms with Crippen molar-refractivity contribution in [2.45, 2.75) is 0 Å². The van der Waals surface area contributed by atoms with Crippen LogP contribution in [-0.2, 0) is 0 Å². The molecule has 0 aromatic carbocycles. The second-order valence-electron chi connectivity index (χ2n) is 0.349. The standard InChI is InChI=1S/C2N2S2.2Li.2H/c3-1-5-6-2-4;;;;/q;2*+1;2*-1. The molecule has 0 aliphatic heterocycles. The van der Waals surface area contributed by atoms with Crippen LogP contribution in [0.4, 0.5) is 0 Å². The van der Waals surface area contributed by atoms with E-state index in [1.54, 1.807) is 10.8 Å². The summed E-state index contributed by atoms with van der Waals surface area (Å²) >= 11 is 0. The summed E-state index contributed by atoms with van der Waals surface area (Å²) in [6.07, 6.45) is 0. The Kier molecular flexibility index (Phi) is 31.2. The normalized spacial score (nSPS) is 4.25. The van der Waals surface area contributed by atoms with Gasteiger partial charge in [-0.25, -0.2) is 0 Å². The Bertz CT molecular complexity index is 96.8. The molecule has 0 saturated heterocycles. The average molecular weight is 132 g/mol. The molecule has 0 unspecified atom stereocenters. The molecule has 0 aromatic rings. The van der Waals surface area contributed by atoms with E-state index in [1.807, 2.05) is 0 Å². The smallest absolute Gasteiger partial charge is 1.00 e. The summed E-state index contributed by atoms with van der Waals surface area (Å²) in [5, 5.41) is 18.9. The quantitative estimate of drug-likeness (QED) is 0.156. The van der Waals surface area contributed by atoms with Crippen molar-refractivity contribution in [1.82, 2.24) is 0 Å². The van der Waals surface area contributed by atoms with E-state index in [0.717, 1.165) is 21.6 Å². The predicted octanol–water partition coefficient (Wildman–Crippen LogP) is -4.44. The van der Waals surface area contributed by atoms with Gasteiger partial charge >= 0.3 is 37.7 Å². The molecular formula is C2H2Li2N2S2. The molecule has 0 heterocycles. The number of nitrogens with zero attached hydrogens (tertiary/aromatic N) is 2. The van der Waals surface area contributed by atoms with Crippen LogP contribution < -0.4 is 37.7 Å². The maximum absolute atomic E-state index is 7.74. The Morgan fingerprint density at radius 1 is 1.00 bits per heavy atom. The third kappa shape index (κ3) is 15.8. The van der Waals surface area contributed by atoms with Crippen LogP contribution in [0.2, 0.25) is 0 Å². The van der Waals surface area contributed by atoms with Gasteiger partial charge in [0.05, 0.1) is 0 Å². The molecule has 34 valence electrons. The molecule has 2 nitrogen and oxygen atoms in total. The second kappa shape index (κ2) is 15.7. The van der Waals surface area contributed by atoms with E-state index in [2.05, 4.69) is 0 Å². The van der Waals surface area contributed by atoms with E-state index in [4.69, 9.17) is 10.5 Å². The number of hydrogen-bond donors (Lipinski definition) is 0. The molecule has 0 amide bonds. The molecule has 8 heavy (non-hydrogen) atoms. The minimum absolute atomic E-state index is 0. The maximum atomic E-state index is 7.74. The van der Waals surface area contributed by atoms with Gasteiger partial charge in [0.1, 0.15) is 10.8 Å². The van der Waals surface area contributed by atoms with Crippen LogP contribution in [0.1, 0.15) is 2.85 Å². The van der Waals surface area contributed by atoms with Crippen LogP contribution >= 0.6 is 21.6 Å². The molecule has 0 fully saturated rings. The zero-order valence-corrected chi connectivity index (χ0v) is 6.34. The van der Waals surface area contributed by atoms with Gasteiger partial charge in [-0.2, -0.15) is 10.5 Å². The van der Waals surface area contributed by atoms with Crippen molar-refractivity contribution in [3.8, 4) is 10.8 Å². The number of rotatable bonds is 1. The average Bonchev–Trinajstić information content (AvgIpc) is 1.61. The van der Waals surface area contributed by atoms with E-state index in [1.165, 1.54) is 0 Å². The van der Waals surface area contributed by atoms with Crippen molar-refractivity contribution >= 4 is 21.6 Å². The zero-order valence-electron chi connectivity index (χ0n) is 6.71. The molecular weight excluding hydrogens is 130 g/mol. The summed E-state index contributed by atoms with van der Waals surface area (Å²) in [5.74, 6) is 0. The molecule has 0 N–H and O–H groups in total. The molecule has 0 bridgehead atoms. The van der Waals surface area contributed by atoms with Gasteiger partial charge in [-0.05, 0) is 0 Å². The molecule has 0 saturated carbocycles. The molecule has 0 spiro atoms. The Balaban J connectivity index is -0.0000000208. The first kappa shape index (κ1) is 15.9. The first-order valence-corrected chi connectivity index (χ1v) is 3.17. The Hall–Kier alpha value is 0.875. The van der Waals surface area contributed by atoms with Crippen molar-refractivity contribution in [2.24, 2.45) is 0 Å². The first-order valence-electron chi connectivity index (χ1n) is 1.02. The molecule has 0 rings (SSSR count). The van der Waals surface area contributed by atoms with Crippen LogP contribution in [0.25, 0.3) is 0 Å². The van der Waals surface area contributed by atoms with Gasteiger partial charge < -0.3 is 2.85 Å². The minimum Gasteiger partial charge on any atom is -1.00 e. The van der Waals surface area contributed by atoms with Crippen LogP contribution in [0, 0.1) is 21.3 Å². The van der Waals surface area contributed by atoms with Crippen LogP contribution in [0.5, 0.6) is 0 Å². The van der Waals surface area contributed by atoms with Crippen molar-refractivity contribution in [3.05, 3.63) is 0 Å². The third-order valence-corrected chi connectivity index (χ3v) is 1.05. The second-order valence-corrected chi connectivity index (χ2v) is 2.05. The number of hydrogen-bond acceptors (Lipinski definition) is 4. The summed E-state index contributed by atoms with van der Waals surface area (Å²) < 4.78 is 0. The summed E-state index contributed by atoms with van der Waals surface area (Å²) in [7, 11) is 1.74. The van der Waals surface area contributed by atoms with E-state index < -0.39 is 0 Å². The van der Waals surface area contributed by atoms with Crippen LogP contribution in [0.3, 0.4) is 0 Å². The first-order chi connectivity index (χ1) is 2.91. The van der Waals surface area contributed by atoms with Crippen LogP contribution in [-0.4, -0.2) is 0 Å². The summed E-state index contributed by atoms with van der Waals surface area (Å²) in [6.45, 7) is 0. The summed E-state index contributed by atoms with van der Waals surface area (Å²) in [6, 6.07) is 0. The third-order valence-electron chi connectivity index (χ3n) is 0.116. The van der Waals surface area contributed by atoms with Gasteiger partial charge in [0.2, 0.25) is 0 Å². The topological polar surface area (TPSA) is 47.6 Å². The van der Waals surface area contributed by atoms with Gasteiger partial charge in [-0.15, -0.1) is 0 Å². The molecule has 0 aromatic heterocycles. The van der Waals surface area contributed by atoms with Gasteiger partial charge in [-0.1, -0.05) is 0 Å². The zero-order chi connectivity index (χ0) is 4.83. The maximum Gasteiger partial charge on any atom is 1.00 e. The Labute approximate surface area is 83.1 Å². The van der Waals surface area contributed by atoms with Crippen molar-refractivity contribution in [2.75, 3.05) is 0 Å². The predicted molar refractivity (Wildman–Crippen MR) is 28.6 cm³/mol. The summed E-state index contributed by atoms with van der Waals surface area (Å²) in [4.78, 5) is 0. The molecule has 0 radical (unpaired) electrons. The van der Waals surface area contributed by atoms with E-state index >= 15 is 0 Å². The summed E-state index contributed by atoms with van der Waals surface area (Å²) in [5.41, 5.74) is 0. The number of thiocyanates is 2. The van der Waals surface area contributed by atoms with Gasteiger partial charge in [-0.3, -0.25) is 0 Å². The van der Waals surface area contributed by atoms with E-state index in [0.29, 0.717) is 0 Å². The van der Waals surface area contributed by atoms with Crippen LogP contribution in [0.15, 0.2) is 0 Å². The Morgan fingerprint density at radius 3 is 1.38 bits per heavy atom. The molecule has 6 heteroatoms. The van der Waals surface area contributed by atoms with Crippen molar-refractivity contribution in [3.63, 3.8) is 0 Å². The monoisotopic (exact) mass is 132 g/mol. The van der Waals surface area contributed by atoms with E-state index in [9.17, 15) is 0 Å². The van der Waals surface area contributed by atoms with Crippen molar-refractivity contribution in [1.29, 1.82) is 10.5 Å². The SMILES string of the molecule is N#CSSC#N.[H-].[H-].[Li+].[Li+]. The van der Waals surface area contributed by atoms with Gasteiger partial charge in [0.15, 0.2) is 0 Å². The Morgan fingerprint density at radius 2 is 1.25 bits per heavy atom.